The molecule has 1 fully saturated rings. The van der Waals surface area contributed by atoms with Gasteiger partial charge in [-0.15, -0.1) is 0 Å². The number of hydrogen-bond donors (Lipinski definition) is 1. The molecule has 1 aromatic heterocycles. The van der Waals surface area contributed by atoms with Crippen LogP contribution in [0.15, 0.2) is 12.3 Å². The lowest BCUT2D eigenvalue weighted by Gasteiger charge is -2.21. The molecular weight excluding hydrogens is 198 g/mol. The lowest BCUT2D eigenvalue weighted by atomic mass is 9.90. The number of nitrogens with one attached hydrogen (secondary N) is 1. The van der Waals surface area contributed by atoms with Gasteiger partial charge < -0.3 is 9.72 Å². The molecule has 1 aliphatic rings. The second-order valence-electron chi connectivity index (χ2n) is 3.97. The van der Waals surface area contributed by atoms with Crippen molar-refractivity contribution in [1.82, 2.24) is 4.98 Å². The van der Waals surface area contributed by atoms with Crippen LogP contribution in [0.2, 0.25) is 5.15 Å². The molecule has 0 atom stereocenters. The van der Waals surface area contributed by atoms with Crippen molar-refractivity contribution in [3.63, 3.8) is 0 Å². The van der Waals surface area contributed by atoms with Crippen LogP contribution in [-0.2, 0) is 0 Å². The number of aromatic nitrogens is 1. The van der Waals surface area contributed by atoms with Gasteiger partial charge in [-0.2, -0.15) is 0 Å². The Labute approximate surface area is 89.6 Å². The van der Waals surface area contributed by atoms with Crippen molar-refractivity contribution in [3.05, 3.63) is 17.4 Å². The number of rotatable bonds is 3. The maximum Gasteiger partial charge on any atom is 0.155 e. The quantitative estimate of drug-likeness (QED) is 0.815. The molecule has 14 heavy (non-hydrogen) atoms. The summed E-state index contributed by atoms with van der Waals surface area (Å²) >= 11 is 5.88. The highest BCUT2D eigenvalue weighted by Crippen LogP contribution is 2.27. The monoisotopic (exact) mass is 213 g/mol. The number of aromatic amines is 1. The van der Waals surface area contributed by atoms with E-state index in [2.05, 4.69) is 4.98 Å². The molecule has 0 unspecified atom stereocenters. The molecule has 1 aromatic rings. The van der Waals surface area contributed by atoms with Gasteiger partial charge in [0.05, 0.1) is 6.61 Å². The van der Waals surface area contributed by atoms with Crippen molar-refractivity contribution in [2.75, 3.05) is 6.61 Å². The first-order valence-corrected chi connectivity index (χ1v) is 5.70. The Balaban J connectivity index is 1.79. The van der Waals surface area contributed by atoms with Crippen LogP contribution >= 0.6 is 11.6 Å². The van der Waals surface area contributed by atoms with Crippen molar-refractivity contribution >= 4 is 11.6 Å². The molecule has 1 aliphatic carbocycles. The smallest absolute Gasteiger partial charge is 0.155 e. The summed E-state index contributed by atoms with van der Waals surface area (Å²) in [6.07, 6.45) is 8.52. The van der Waals surface area contributed by atoms with E-state index >= 15 is 0 Å². The average Bonchev–Trinajstić information content (AvgIpc) is 2.63. The van der Waals surface area contributed by atoms with Crippen LogP contribution < -0.4 is 4.74 Å². The third-order valence-corrected chi connectivity index (χ3v) is 3.16. The van der Waals surface area contributed by atoms with Gasteiger partial charge in [0.25, 0.3) is 0 Å². The Morgan fingerprint density at radius 1 is 1.36 bits per heavy atom. The molecule has 1 N–H and O–H groups in total. The SMILES string of the molecule is Clc1[nH]ccc1OCC1CCCCC1. The molecule has 0 aromatic carbocycles. The Kier molecular flexibility index (Phi) is 3.35. The van der Waals surface area contributed by atoms with Gasteiger partial charge in [-0.1, -0.05) is 30.9 Å². The molecule has 78 valence electrons. The van der Waals surface area contributed by atoms with Gasteiger partial charge in [-0.05, 0) is 24.8 Å². The summed E-state index contributed by atoms with van der Waals surface area (Å²) in [5, 5.41) is 0.612. The van der Waals surface area contributed by atoms with Crippen molar-refractivity contribution in [2.24, 2.45) is 5.92 Å². The van der Waals surface area contributed by atoms with Crippen molar-refractivity contribution in [3.8, 4) is 5.75 Å². The second-order valence-corrected chi connectivity index (χ2v) is 4.35. The predicted octanol–water partition coefficient (Wildman–Crippen LogP) is 3.63. The van der Waals surface area contributed by atoms with Crippen LogP contribution in [0.5, 0.6) is 5.75 Å². The maximum absolute atomic E-state index is 5.88. The van der Waals surface area contributed by atoms with Crippen molar-refractivity contribution < 1.29 is 4.74 Å². The number of hydrogen-bond acceptors (Lipinski definition) is 1. The van der Waals surface area contributed by atoms with E-state index in [1.807, 2.05) is 6.07 Å². The van der Waals surface area contributed by atoms with Crippen LogP contribution in [0.1, 0.15) is 32.1 Å². The summed E-state index contributed by atoms with van der Waals surface area (Å²) in [5.41, 5.74) is 0. The van der Waals surface area contributed by atoms with Crippen LogP contribution in [0.4, 0.5) is 0 Å². The summed E-state index contributed by atoms with van der Waals surface area (Å²) in [4.78, 5) is 2.90. The van der Waals surface area contributed by atoms with E-state index in [9.17, 15) is 0 Å². The molecular formula is C11H16ClNO. The molecule has 1 heterocycles. The van der Waals surface area contributed by atoms with Gasteiger partial charge in [0, 0.05) is 6.20 Å². The van der Waals surface area contributed by atoms with Gasteiger partial charge in [0.2, 0.25) is 0 Å². The summed E-state index contributed by atoms with van der Waals surface area (Å²) in [7, 11) is 0. The standard InChI is InChI=1S/C11H16ClNO/c12-11-10(6-7-13-11)14-8-9-4-2-1-3-5-9/h6-7,9,13H,1-5,8H2. The van der Waals surface area contributed by atoms with Gasteiger partial charge in [-0.3, -0.25) is 0 Å². The van der Waals surface area contributed by atoms with E-state index in [1.165, 1.54) is 32.1 Å². The zero-order valence-electron chi connectivity index (χ0n) is 8.26. The number of ether oxygens (including phenoxy) is 1. The molecule has 0 amide bonds. The van der Waals surface area contributed by atoms with Gasteiger partial charge in [0.1, 0.15) is 5.15 Å². The summed E-state index contributed by atoms with van der Waals surface area (Å²) in [6, 6.07) is 1.88. The van der Waals surface area contributed by atoms with Gasteiger partial charge >= 0.3 is 0 Å². The highest BCUT2D eigenvalue weighted by atomic mass is 35.5. The van der Waals surface area contributed by atoms with Crippen LogP contribution in [0, 0.1) is 5.92 Å². The highest BCUT2D eigenvalue weighted by molar-refractivity contribution is 6.30. The molecule has 0 spiro atoms. The maximum atomic E-state index is 5.88. The average molecular weight is 214 g/mol. The first kappa shape index (κ1) is 9.91. The van der Waals surface area contributed by atoms with E-state index in [0.29, 0.717) is 5.15 Å². The minimum absolute atomic E-state index is 0.612. The number of H-pyrrole nitrogens is 1. The topological polar surface area (TPSA) is 25.0 Å². The minimum atomic E-state index is 0.612. The summed E-state index contributed by atoms with van der Waals surface area (Å²) in [6.45, 7) is 0.817. The van der Waals surface area contributed by atoms with E-state index < -0.39 is 0 Å². The summed E-state index contributed by atoms with van der Waals surface area (Å²) < 4.78 is 5.65. The molecule has 0 aliphatic heterocycles. The third-order valence-electron chi connectivity index (χ3n) is 2.86. The Morgan fingerprint density at radius 2 is 2.14 bits per heavy atom. The first-order valence-electron chi connectivity index (χ1n) is 5.32. The van der Waals surface area contributed by atoms with Crippen molar-refractivity contribution in [2.45, 2.75) is 32.1 Å². The van der Waals surface area contributed by atoms with E-state index in [4.69, 9.17) is 16.3 Å². The number of halogens is 1. The molecule has 0 bridgehead atoms. The third kappa shape index (κ3) is 2.44. The zero-order valence-corrected chi connectivity index (χ0v) is 9.02. The Hall–Kier alpha value is -0.630. The lowest BCUT2D eigenvalue weighted by molar-refractivity contribution is 0.209. The van der Waals surface area contributed by atoms with E-state index in [-0.39, 0.29) is 0 Å². The van der Waals surface area contributed by atoms with E-state index in [0.717, 1.165) is 18.3 Å². The second kappa shape index (κ2) is 4.74. The molecule has 0 radical (unpaired) electrons. The highest BCUT2D eigenvalue weighted by Gasteiger charge is 2.14. The largest absolute Gasteiger partial charge is 0.490 e. The molecule has 3 heteroatoms. The Morgan fingerprint density at radius 3 is 2.79 bits per heavy atom. The van der Waals surface area contributed by atoms with E-state index in [1.54, 1.807) is 6.20 Å². The fourth-order valence-electron chi connectivity index (χ4n) is 2.01. The minimum Gasteiger partial charge on any atom is -0.490 e. The fraction of sp³-hybridized carbons (Fsp3) is 0.636. The van der Waals surface area contributed by atoms with Gasteiger partial charge in [-0.25, -0.2) is 0 Å². The molecule has 2 rings (SSSR count). The molecule has 2 nitrogen and oxygen atoms in total. The zero-order chi connectivity index (χ0) is 9.80. The van der Waals surface area contributed by atoms with Crippen molar-refractivity contribution in [1.29, 1.82) is 0 Å². The predicted molar refractivity (Wildman–Crippen MR) is 57.9 cm³/mol. The van der Waals surface area contributed by atoms with Gasteiger partial charge in [0.15, 0.2) is 5.75 Å². The summed E-state index contributed by atoms with van der Waals surface area (Å²) in [5.74, 6) is 1.52. The molecule has 1 saturated carbocycles. The van der Waals surface area contributed by atoms with Crippen LogP contribution in [-0.4, -0.2) is 11.6 Å². The van der Waals surface area contributed by atoms with Crippen LogP contribution in [0.3, 0.4) is 0 Å². The Bertz CT molecular complexity index is 279. The lowest BCUT2D eigenvalue weighted by Crippen LogP contribution is -2.15. The normalized spacial score (nSPS) is 18.4. The van der Waals surface area contributed by atoms with Crippen LogP contribution in [0.25, 0.3) is 0 Å². The fourth-order valence-corrected chi connectivity index (χ4v) is 2.19. The first-order chi connectivity index (χ1) is 6.86. The molecule has 0 saturated heterocycles.